The van der Waals surface area contributed by atoms with Crippen LogP contribution in [0, 0.1) is 0 Å². The fourth-order valence-electron chi connectivity index (χ4n) is 3.92. The number of ether oxygens (including phenoxy) is 1. The average Bonchev–Trinajstić information content (AvgIpc) is 2.89. The van der Waals surface area contributed by atoms with Gasteiger partial charge in [0.15, 0.2) is 0 Å². The minimum absolute atomic E-state index is 0.0257. The van der Waals surface area contributed by atoms with Gasteiger partial charge in [0, 0.05) is 32.2 Å². The highest BCUT2D eigenvalue weighted by Crippen LogP contribution is 2.33. The van der Waals surface area contributed by atoms with Crippen LogP contribution in [-0.2, 0) is 19.1 Å². The highest BCUT2D eigenvalue weighted by Gasteiger charge is 2.42. The van der Waals surface area contributed by atoms with Gasteiger partial charge in [-0.1, -0.05) is 25.5 Å². The summed E-state index contributed by atoms with van der Waals surface area (Å²) in [5.74, 6) is -0.643. The van der Waals surface area contributed by atoms with Crippen molar-refractivity contribution in [3.8, 4) is 0 Å². The number of nitrogens with zero attached hydrogens (tertiary/aromatic N) is 2. The number of imide groups is 1. The second-order valence-corrected chi connectivity index (χ2v) is 7.76. The molecule has 0 radical (unpaired) electrons. The molecule has 1 aromatic rings. The maximum Gasteiger partial charge on any atom is 0.277 e. The van der Waals surface area contributed by atoms with Crippen molar-refractivity contribution in [1.29, 1.82) is 0 Å². The standard InChI is InChI=1S/C22H29N3O4/c1-5-6-11-25-21(27)19(17-7-9-18(10-8-17)23-16(4)26)20(22(25)28)24-12-14(2)29-15(3)13-24/h7-10,14-15H,5-6,11-13H2,1-4H3,(H,23,26). The zero-order valence-corrected chi connectivity index (χ0v) is 17.5. The summed E-state index contributed by atoms with van der Waals surface area (Å²) in [4.78, 5) is 41.1. The van der Waals surface area contributed by atoms with Crippen molar-refractivity contribution in [2.24, 2.45) is 0 Å². The number of nitrogens with one attached hydrogen (secondary N) is 1. The van der Waals surface area contributed by atoms with Crippen molar-refractivity contribution in [3.05, 3.63) is 35.5 Å². The van der Waals surface area contributed by atoms with E-state index in [2.05, 4.69) is 5.32 Å². The summed E-state index contributed by atoms with van der Waals surface area (Å²) in [6.45, 7) is 8.97. The van der Waals surface area contributed by atoms with E-state index in [1.807, 2.05) is 25.7 Å². The fourth-order valence-corrected chi connectivity index (χ4v) is 3.92. The molecule has 0 aliphatic carbocycles. The molecular weight excluding hydrogens is 370 g/mol. The Hall–Kier alpha value is -2.67. The van der Waals surface area contributed by atoms with Gasteiger partial charge in [-0.15, -0.1) is 0 Å². The Morgan fingerprint density at radius 3 is 2.28 bits per heavy atom. The van der Waals surface area contributed by atoms with Crippen LogP contribution >= 0.6 is 0 Å². The first-order valence-electron chi connectivity index (χ1n) is 10.2. The molecule has 2 heterocycles. The Morgan fingerprint density at radius 2 is 1.72 bits per heavy atom. The van der Waals surface area contributed by atoms with Gasteiger partial charge in [-0.3, -0.25) is 19.3 Å². The zero-order chi connectivity index (χ0) is 21.1. The SMILES string of the molecule is CCCCN1C(=O)C(c2ccc(NC(C)=O)cc2)=C(N2CC(C)OC(C)C2)C1=O. The number of unbranched alkanes of at least 4 members (excludes halogenated alkanes) is 1. The number of anilines is 1. The Labute approximate surface area is 171 Å². The minimum Gasteiger partial charge on any atom is -0.372 e. The van der Waals surface area contributed by atoms with E-state index in [-0.39, 0.29) is 29.9 Å². The van der Waals surface area contributed by atoms with Crippen LogP contribution in [0.4, 0.5) is 5.69 Å². The Balaban J connectivity index is 2.01. The molecule has 2 aliphatic rings. The lowest BCUT2D eigenvalue weighted by Gasteiger charge is -2.37. The van der Waals surface area contributed by atoms with E-state index in [0.717, 1.165) is 12.8 Å². The lowest BCUT2D eigenvalue weighted by Crippen LogP contribution is -2.47. The molecule has 7 heteroatoms. The van der Waals surface area contributed by atoms with Gasteiger partial charge in [-0.2, -0.15) is 0 Å². The van der Waals surface area contributed by atoms with Gasteiger partial charge in [-0.05, 0) is 38.0 Å². The van der Waals surface area contributed by atoms with Crippen LogP contribution < -0.4 is 5.32 Å². The van der Waals surface area contributed by atoms with Crippen LogP contribution in [0.5, 0.6) is 0 Å². The van der Waals surface area contributed by atoms with Crippen LogP contribution in [0.1, 0.15) is 46.1 Å². The van der Waals surface area contributed by atoms with E-state index in [1.54, 1.807) is 24.3 Å². The molecule has 1 fully saturated rings. The van der Waals surface area contributed by atoms with E-state index in [4.69, 9.17) is 4.74 Å². The highest BCUT2D eigenvalue weighted by atomic mass is 16.5. The molecule has 0 spiro atoms. The molecule has 2 aliphatic heterocycles. The molecule has 0 saturated carbocycles. The summed E-state index contributed by atoms with van der Waals surface area (Å²) >= 11 is 0. The maximum atomic E-state index is 13.2. The van der Waals surface area contributed by atoms with Gasteiger partial charge in [0.1, 0.15) is 5.70 Å². The molecule has 1 N–H and O–H groups in total. The molecule has 156 valence electrons. The van der Waals surface area contributed by atoms with Crippen molar-refractivity contribution in [2.75, 3.05) is 25.0 Å². The summed E-state index contributed by atoms with van der Waals surface area (Å²) in [6.07, 6.45) is 1.62. The number of morpholine rings is 1. The van der Waals surface area contributed by atoms with Gasteiger partial charge >= 0.3 is 0 Å². The number of carbonyl (C=O) groups excluding carboxylic acids is 3. The van der Waals surface area contributed by atoms with Gasteiger partial charge in [0.2, 0.25) is 5.91 Å². The largest absolute Gasteiger partial charge is 0.372 e. The molecule has 2 atom stereocenters. The summed E-state index contributed by atoms with van der Waals surface area (Å²) in [7, 11) is 0. The van der Waals surface area contributed by atoms with E-state index >= 15 is 0 Å². The molecule has 29 heavy (non-hydrogen) atoms. The number of hydrogen-bond acceptors (Lipinski definition) is 5. The molecule has 0 aromatic heterocycles. The van der Waals surface area contributed by atoms with Crippen LogP contribution in [0.15, 0.2) is 30.0 Å². The predicted octanol–water partition coefficient (Wildman–Crippen LogP) is 2.63. The van der Waals surface area contributed by atoms with Crippen LogP contribution in [0.2, 0.25) is 0 Å². The third-order valence-electron chi connectivity index (χ3n) is 5.11. The summed E-state index contributed by atoms with van der Waals surface area (Å²) in [6, 6.07) is 7.06. The third-order valence-corrected chi connectivity index (χ3v) is 5.11. The van der Waals surface area contributed by atoms with Gasteiger partial charge in [0.25, 0.3) is 11.8 Å². The molecule has 1 aromatic carbocycles. The molecule has 1 saturated heterocycles. The van der Waals surface area contributed by atoms with Crippen LogP contribution in [0.3, 0.4) is 0 Å². The molecule has 2 unspecified atom stereocenters. The van der Waals surface area contributed by atoms with Crippen molar-refractivity contribution in [2.45, 2.75) is 52.7 Å². The summed E-state index contributed by atoms with van der Waals surface area (Å²) < 4.78 is 5.81. The fraction of sp³-hybridized carbons (Fsp3) is 0.500. The maximum absolute atomic E-state index is 13.2. The number of hydrogen-bond donors (Lipinski definition) is 1. The second kappa shape index (κ2) is 8.78. The molecule has 0 bridgehead atoms. The average molecular weight is 399 g/mol. The van der Waals surface area contributed by atoms with Gasteiger partial charge in [0.05, 0.1) is 17.8 Å². The number of carbonyl (C=O) groups is 3. The first-order chi connectivity index (χ1) is 13.8. The summed E-state index contributed by atoms with van der Waals surface area (Å²) in [5.41, 5.74) is 2.22. The smallest absolute Gasteiger partial charge is 0.277 e. The van der Waals surface area contributed by atoms with E-state index < -0.39 is 0 Å². The third kappa shape index (κ3) is 4.50. The normalized spacial score (nSPS) is 22.5. The lowest BCUT2D eigenvalue weighted by atomic mass is 10.0. The Morgan fingerprint density at radius 1 is 1.10 bits per heavy atom. The monoisotopic (exact) mass is 399 g/mol. The van der Waals surface area contributed by atoms with Crippen molar-refractivity contribution in [1.82, 2.24) is 9.80 Å². The summed E-state index contributed by atoms with van der Waals surface area (Å²) in [5, 5.41) is 2.72. The van der Waals surface area contributed by atoms with E-state index in [9.17, 15) is 14.4 Å². The number of benzene rings is 1. The Bertz CT molecular complexity index is 821. The number of rotatable bonds is 6. The van der Waals surface area contributed by atoms with E-state index in [0.29, 0.717) is 42.2 Å². The first kappa shape index (κ1) is 21.0. The van der Waals surface area contributed by atoms with E-state index in [1.165, 1.54) is 11.8 Å². The van der Waals surface area contributed by atoms with Crippen molar-refractivity contribution >= 4 is 29.0 Å². The second-order valence-electron chi connectivity index (χ2n) is 7.76. The first-order valence-corrected chi connectivity index (χ1v) is 10.2. The molecule has 7 nitrogen and oxygen atoms in total. The molecule has 3 amide bonds. The predicted molar refractivity (Wildman–Crippen MR) is 111 cm³/mol. The topological polar surface area (TPSA) is 79.0 Å². The highest BCUT2D eigenvalue weighted by molar-refractivity contribution is 6.35. The Kier molecular flexibility index (Phi) is 6.37. The molecular formula is C22H29N3O4. The molecule has 3 rings (SSSR count). The number of amides is 3. The minimum atomic E-state index is -0.252. The van der Waals surface area contributed by atoms with Crippen molar-refractivity contribution in [3.63, 3.8) is 0 Å². The van der Waals surface area contributed by atoms with Crippen molar-refractivity contribution < 1.29 is 19.1 Å². The van der Waals surface area contributed by atoms with Gasteiger partial charge in [-0.25, -0.2) is 0 Å². The lowest BCUT2D eigenvalue weighted by molar-refractivity contribution is -0.138. The van der Waals surface area contributed by atoms with Crippen LogP contribution in [0.25, 0.3) is 5.57 Å². The quantitative estimate of drug-likeness (QED) is 0.744. The van der Waals surface area contributed by atoms with Crippen LogP contribution in [-0.4, -0.2) is 59.4 Å². The van der Waals surface area contributed by atoms with Gasteiger partial charge < -0.3 is 15.0 Å². The zero-order valence-electron chi connectivity index (χ0n) is 17.5.